The lowest BCUT2D eigenvalue weighted by molar-refractivity contribution is 0.0698. The van der Waals surface area contributed by atoms with E-state index in [9.17, 15) is 13.6 Å². The highest BCUT2D eigenvalue weighted by Crippen LogP contribution is 2.28. The Bertz CT molecular complexity index is 689. The first-order chi connectivity index (χ1) is 9.38. The summed E-state index contributed by atoms with van der Waals surface area (Å²) in [5.74, 6) is -2.66. The molecular formula is C14H10BrF2NO2. The minimum absolute atomic E-state index is 0.00960. The largest absolute Gasteiger partial charge is 0.478 e. The van der Waals surface area contributed by atoms with Gasteiger partial charge in [-0.15, -0.1) is 0 Å². The summed E-state index contributed by atoms with van der Waals surface area (Å²) < 4.78 is 26.9. The Balaban J connectivity index is 2.45. The molecule has 20 heavy (non-hydrogen) atoms. The lowest BCUT2D eigenvalue weighted by Gasteiger charge is -2.12. The average Bonchev–Trinajstić information content (AvgIpc) is 2.37. The van der Waals surface area contributed by atoms with Gasteiger partial charge in [0.25, 0.3) is 0 Å². The molecule has 2 aromatic rings. The maximum absolute atomic E-state index is 13.7. The number of rotatable bonds is 3. The first-order valence-corrected chi connectivity index (χ1v) is 6.43. The van der Waals surface area contributed by atoms with Crippen LogP contribution in [0.1, 0.15) is 15.9 Å². The van der Waals surface area contributed by atoms with Gasteiger partial charge in [0, 0.05) is 6.07 Å². The number of carbonyl (C=O) groups is 1. The summed E-state index contributed by atoms with van der Waals surface area (Å²) in [5, 5.41) is 11.8. The van der Waals surface area contributed by atoms with E-state index in [0.29, 0.717) is 0 Å². The molecule has 0 saturated heterocycles. The second-order valence-corrected chi connectivity index (χ2v) is 5.08. The summed E-state index contributed by atoms with van der Waals surface area (Å²) in [5.41, 5.74) is 1.02. The van der Waals surface area contributed by atoms with Crippen LogP contribution in [0.25, 0.3) is 0 Å². The summed E-state index contributed by atoms with van der Waals surface area (Å²) in [6.07, 6.45) is 0. The van der Waals surface area contributed by atoms with Gasteiger partial charge < -0.3 is 10.4 Å². The summed E-state index contributed by atoms with van der Waals surface area (Å²) in [4.78, 5) is 11.2. The van der Waals surface area contributed by atoms with Crippen LogP contribution >= 0.6 is 15.9 Å². The van der Waals surface area contributed by atoms with Crippen LogP contribution < -0.4 is 5.32 Å². The Labute approximate surface area is 122 Å². The number of hydrogen-bond donors (Lipinski definition) is 2. The van der Waals surface area contributed by atoms with Crippen LogP contribution in [-0.2, 0) is 0 Å². The molecule has 104 valence electrons. The predicted molar refractivity (Wildman–Crippen MR) is 75.5 cm³/mol. The standard InChI is InChI=1S/C14H10BrF2NO2/c1-7-2-3-12(8(4-7)14(19)20)18-13-5-9(15)10(16)6-11(13)17/h2-6,18H,1H3,(H,19,20). The molecule has 0 aliphatic rings. The molecule has 0 saturated carbocycles. The molecule has 0 aliphatic carbocycles. The molecule has 0 atom stereocenters. The lowest BCUT2D eigenvalue weighted by atomic mass is 10.1. The second kappa shape index (κ2) is 5.58. The molecule has 0 unspecified atom stereocenters. The number of carboxylic acid groups (broad SMARTS) is 1. The number of aromatic carboxylic acids is 1. The minimum Gasteiger partial charge on any atom is -0.478 e. The highest BCUT2D eigenvalue weighted by Gasteiger charge is 2.13. The average molecular weight is 342 g/mol. The third-order valence-electron chi connectivity index (χ3n) is 2.68. The van der Waals surface area contributed by atoms with Crippen molar-refractivity contribution in [2.45, 2.75) is 6.92 Å². The van der Waals surface area contributed by atoms with Crippen LogP contribution in [0, 0.1) is 18.6 Å². The lowest BCUT2D eigenvalue weighted by Crippen LogP contribution is -2.04. The molecule has 2 rings (SSSR count). The number of halogens is 3. The molecule has 6 heteroatoms. The van der Waals surface area contributed by atoms with E-state index in [0.717, 1.165) is 11.6 Å². The zero-order valence-electron chi connectivity index (χ0n) is 10.4. The molecule has 0 heterocycles. The van der Waals surface area contributed by atoms with Gasteiger partial charge in [-0.1, -0.05) is 11.6 Å². The van der Waals surface area contributed by atoms with Crippen LogP contribution in [0.5, 0.6) is 0 Å². The van der Waals surface area contributed by atoms with E-state index < -0.39 is 17.6 Å². The van der Waals surface area contributed by atoms with Gasteiger partial charge >= 0.3 is 5.97 Å². The van der Waals surface area contributed by atoms with Gasteiger partial charge in [-0.25, -0.2) is 13.6 Å². The molecule has 0 radical (unpaired) electrons. The van der Waals surface area contributed by atoms with Gasteiger partial charge in [0.05, 0.1) is 21.4 Å². The molecule has 2 aromatic carbocycles. The quantitative estimate of drug-likeness (QED) is 0.809. The summed E-state index contributed by atoms with van der Waals surface area (Å²) >= 11 is 2.95. The Kier molecular flexibility index (Phi) is 4.04. The summed E-state index contributed by atoms with van der Waals surface area (Å²) in [6.45, 7) is 1.76. The van der Waals surface area contributed by atoms with Gasteiger partial charge in [0.15, 0.2) is 0 Å². The molecule has 3 nitrogen and oxygen atoms in total. The van der Waals surface area contributed by atoms with Crippen molar-refractivity contribution >= 4 is 33.3 Å². The minimum atomic E-state index is -1.13. The topological polar surface area (TPSA) is 49.3 Å². The van der Waals surface area contributed by atoms with E-state index >= 15 is 0 Å². The fourth-order valence-corrected chi connectivity index (χ4v) is 2.05. The van der Waals surface area contributed by atoms with Crippen LogP contribution in [0.4, 0.5) is 20.2 Å². The second-order valence-electron chi connectivity index (χ2n) is 4.23. The Morgan fingerprint density at radius 3 is 2.50 bits per heavy atom. The maximum Gasteiger partial charge on any atom is 0.337 e. The molecule has 0 aromatic heterocycles. The molecular weight excluding hydrogens is 332 g/mol. The first-order valence-electron chi connectivity index (χ1n) is 5.64. The monoisotopic (exact) mass is 341 g/mol. The third-order valence-corrected chi connectivity index (χ3v) is 3.29. The maximum atomic E-state index is 13.7. The highest BCUT2D eigenvalue weighted by molar-refractivity contribution is 9.10. The van der Waals surface area contributed by atoms with Gasteiger partial charge in [-0.2, -0.15) is 0 Å². The number of nitrogens with one attached hydrogen (secondary N) is 1. The number of benzene rings is 2. The Morgan fingerprint density at radius 2 is 1.85 bits per heavy atom. The SMILES string of the molecule is Cc1ccc(Nc2cc(Br)c(F)cc2F)c(C(=O)O)c1. The highest BCUT2D eigenvalue weighted by atomic mass is 79.9. The van der Waals surface area contributed by atoms with E-state index in [2.05, 4.69) is 21.2 Å². The van der Waals surface area contributed by atoms with Crippen LogP contribution in [0.2, 0.25) is 0 Å². The van der Waals surface area contributed by atoms with Crippen LogP contribution in [0.15, 0.2) is 34.8 Å². The van der Waals surface area contributed by atoms with Gasteiger partial charge in [-0.3, -0.25) is 0 Å². The number of anilines is 2. The molecule has 0 bridgehead atoms. The van der Waals surface area contributed by atoms with Crippen molar-refractivity contribution in [3.05, 3.63) is 57.6 Å². The van der Waals surface area contributed by atoms with Crippen molar-refractivity contribution in [3.8, 4) is 0 Å². The van der Waals surface area contributed by atoms with Crippen molar-refractivity contribution in [1.29, 1.82) is 0 Å². The van der Waals surface area contributed by atoms with E-state index in [1.807, 2.05) is 0 Å². The Hall–Kier alpha value is -1.95. The zero-order valence-corrected chi connectivity index (χ0v) is 12.0. The van der Waals surface area contributed by atoms with Crippen molar-refractivity contribution < 1.29 is 18.7 Å². The van der Waals surface area contributed by atoms with E-state index in [-0.39, 0.29) is 21.4 Å². The van der Waals surface area contributed by atoms with Crippen LogP contribution in [0.3, 0.4) is 0 Å². The number of aryl methyl sites for hydroxylation is 1. The molecule has 2 N–H and O–H groups in total. The first kappa shape index (κ1) is 14.5. The van der Waals surface area contributed by atoms with Crippen molar-refractivity contribution in [2.75, 3.05) is 5.32 Å². The smallest absolute Gasteiger partial charge is 0.337 e. The molecule has 0 spiro atoms. The van der Waals surface area contributed by atoms with Gasteiger partial charge in [0.2, 0.25) is 0 Å². The van der Waals surface area contributed by atoms with Crippen molar-refractivity contribution in [2.24, 2.45) is 0 Å². The molecule has 0 amide bonds. The Morgan fingerprint density at radius 1 is 1.15 bits per heavy atom. The van der Waals surface area contributed by atoms with Gasteiger partial charge in [-0.05, 0) is 41.1 Å². The third kappa shape index (κ3) is 2.96. The normalized spacial score (nSPS) is 10.4. The molecule has 0 aliphatic heterocycles. The summed E-state index contributed by atoms with van der Waals surface area (Å²) in [7, 11) is 0. The van der Waals surface area contributed by atoms with Crippen molar-refractivity contribution in [3.63, 3.8) is 0 Å². The van der Waals surface area contributed by atoms with E-state index in [1.54, 1.807) is 13.0 Å². The number of carboxylic acids is 1. The van der Waals surface area contributed by atoms with Crippen LogP contribution in [-0.4, -0.2) is 11.1 Å². The zero-order chi connectivity index (χ0) is 14.9. The van der Waals surface area contributed by atoms with E-state index in [4.69, 9.17) is 5.11 Å². The van der Waals surface area contributed by atoms with Crippen molar-refractivity contribution in [1.82, 2.24) is 0 Å². The number of hydrogen-bond acceptors (Lipinski definition) is 2. The molecule has 0 fully saturated rings. The fourth-order valence-electron chi connectivity index (χ4n) is 1.71. The van der Waals surface area contributed by atoms with Gasteiger partial charge in [0.1, 0.15) is 11.6 Å². The van der Waals surface area contributed by atoms with E-state index in [1.165, 1.54) is 18.2 Å². The summed E-state index contributed by atoms with van der Waals surface area (Å²) in [6, 6.07) is 6.65. The predicted octanol–water partition coefficient (Wildman–Crippen LogP) is 4.48. The fraction of sp³-hybridized carbons (Fsp3) is 0.0714.